The third kappa shape index (κ3) is 3.83. The number of hydrogen-bond acceptors (Lipinski definition) is 2. The summed E-state index contributed by atoms with van der Waals surface area (Å²) in [4.78, 5) is 12.0. The van der Waals surface area contributed by atoms with E-state index in [1.807, 2.05) is 13.8 Å². The molecule has 0 bridgehead atoms. The topological polar surface area (TPSA) is 66.6 Å². The number of likely N-dealkylation sites (N-methyl/N-ethyl adjacent to an activating group) is 1. The third-order valence-electron chi connectivity index (χ3n) is 1.60. The monoisotopic (exact) mass is 160 g/mol. The molecule has 0 aliphatic rings. The number of rotatable bonds is 4. The molecule has 0 unspecified atom stereocenters. The number of carbonyl (C=O) groups excluding carboxylic acids is 1. The number of aliphatic hydroxyl groups is 1. The number of aliphatic hydroxyl groups excluding tert-OH is 1. The zero-order valence-electron chi connectivity index (χ0n) is 7.08. The van der Waals surface area contributed by atoms with E-state index < -0.39 is 12.1 Å². The van der Waals surface area contributed by atoms with Gasteiger partial charge in [-0.15, -0.1) is 0 Å². The Kier molecular flexibility index (Phi) is 4.61. The molecule has 11 heavy (non-hydrogen) atoms. The van der Waals surface area contributed by atoms with Gasteiger partial charge in [0.1, 0.15) is 0 Å². The van der Waals surface area contributed by atoms with E-state index in [1.165, 1.54) is 4.90 Å². The Morgan fingerprint density at radius 2 is 2.18 bits per heavy atom. The first-order valence-corrected chi connectivity index (χ1v) is 3.84. The zero-order valence-corrected chi connectivity index (χ0v) is 7.08. The summed E-state index contributed by atoms with van der Waals surface area (Å²) in [6.07, 6.45) is 0.187. The van der Waals surface area contributed by atoms with Crippen molar-refractivity contribution in [2.45, 2.75) is 26.4 Å². The van der Waals surface area contributed by atoms with E-state index in [1.54, 1.807) is 0 Å². The van der Waals surface area contributed by atoms with Crippen LogP contribution in [0.2, 0.25) is 0 Å². The van der Waals surface area contributed by atoms with Gasteiger partial charge in [0.2, 0.25) is 0 Å². The first-order valence-electron chi connectivity index (χ1n) is 3.84. The standard InChI is InChI=1S/C7H16N2O2/c1-3-6(10)5-9(4-2)7(8)11/h6,10H,3-5H2,1-2H3,(H2,8,11)/t6-/m0/s1. The van der Waals surface area contributed by atoms with Gasteiger partial charge in [-0.2, -0.15) is 0 Å². The van der Waals surface area contributed by atoms with E-state index in [2.05, 4.69) is 0 Å². The van der Waals surface area contributed by atoms with Crippen LogP contribution in [0, 0.1) is 0 Å². The second-order valence-electron chi connectivity index (χ2n) is 2.44. The molecule has 0 saturated carbocycles. The van der Waals surface area contributed by atoms with Crippen molar-refractivity contribution in [2.75, 3.05) is 13.1 Å². The van der Waals surface area contributed by atoms with Crippen molar-refractivity contribution in [2.24, 2.45) is 5.73 Å². The van der Waals surface area contributed by atoms with Gasteiger partial charge in [-0.25, -0.2) is 4.79 Å². The van der Waals surface area contributed by atoms with Crippen LogP contribution in [0.1, 0.15) is 20.3 Å². The fourth-order valence-corrected chi connectivity index (χ4v) is 0.758. The van der Waals surface area contributed by atoms with Crippen molar-refractivity contribution >= 4 is 6.03 Å². The zero-order chi connectivity index (χ0) is 8.85. The number of nitrogens with two attached hydrogens (primary N) is 1. The van der Waals surface area contributed by atoms with Gasteiger partial charge >= 0.3 is 6.03 Å². The number of primary amides is 1. The van der Waals surface area contributed by atoms with Crippen LogP contribution < -0.4 is 5.73 Å². The summed E-state index contributed by atoms with van der Waals surface area (Å²) in [5.41, 5.74) is 5.03. The van der Waals surface area contributed by atoms with Crippen LogP contribution in [0.15, 0.2) is 0 Å². The second-order valence-corrected chi connectivity index (χ2v) is 2.44. The molecule has 0 heterocycles. The molecule has 3 N–H and O–H groups in total. The molecule has 0 aromatic carbocycles. The lowest BCUT2D eigenvalue weighted by atomic mass is 10.2. The third-order valence-corrected chi connectivity index (χ3v) is 1.60. The highest BCUT2D eigenvalue weighted by molar-refractivity contribution is 5.71. The quantitative estimate of drug-likeness (QED) is 0.615. The van der Waals surface area contributed by atoms with Crippen molar-refractivity contribution in [3.8, 4) is 0 Å². The molecule has 0 fully saturated rings. The van der Waals surface area contributed by atoms with Crippen LogP contribution in [0.5, 0.6) is 0 Å². The Labute approximate surface area is 67.0 Å². The number of nitrogens with zero attached hydrogens (tertiary/aromatic N) is 1. The first-order chi connectivity index (χ1) is 5.11. The molecule has 2 amide bonds. The van der Waals surface area contributed by atoms with E-state index in [9.17, 15) is 4.79 Å². The number of amides is 2. The highest BCUT2D eigenvalue weighted by Gasteiger charge is 2.10. The average Bonchev–Trinajstić information content (AvgIpc) is 1.99. The van der Waals surface area contributed by atoms with E-state index in [0.717, 1.165) is 0 Å². The Balaban J connectivity index is 3.77. The minimum absolute atomic E-state index is 0.336. The Bertz CT molecular complexity index is 128. The fraction of sp³-hybridized carbons (Fsp3) is 0.857. The van der Waals surface area contributed by atoms with Gasteiger partial charge in [0, 0.05) is 13.1 Å². The van der Waals surface area contributed by atoms with E-state index in [-0.39, 0.29) is 0 Å². The van der Waals surface area contributed by atoms with Gasteiger partial charge in [0.15, 0.2) is 0 Å². The minimum Gasteiger partial charge on any atom is -0.391 e. The number of hydrogen-bond donors (Lipinski definition) is 2. The number of carbonyl (C=O) groups is 1. The van der Waals surface area contributed by atoms with E-state index in [4.69, 9.17) is 10.8 Å². The minimum atomic E-state index is -0.472. The highest BCUT2D eigenvalue weighted by atomic mass is 16.3. The Morgan fingerprint density at radius 3 is 2.45 bits per heavy atom. The summed E-state index contributed by atoms with van der Waals surface area (Å²) < 4.78 is 0. The molecule has 0 aliphatic carbocycles. The summed E-state index contributed by atoms with van der Waals surface area (Å²) in [7, 11) is 0. The van der Waals surface area contributed by atoms with Gasteiger partial charge in [-0.05, 0) is 13.3 Å². The van der Waals surface area contributed by atoms with Crippen molar-refractivity contribution < 1.29 is 9.90 Å². The predicted molar refractivity (Wildman–Crippen MR) is 43.1 cm³/mol. The molecule has 0 aromatic heterocycles. The van der Waals surface area contributed by atoms with E-state index >= 15 is 0 Å². The van der Waals surface area contributed by atoms with Gasteiger partial charge in [0.25, 0.3) is 0 Å². The Morgan fingerprint density at radius 1 is 1.64 bits per heavy atom. The molecule has 66 valence electrons. The maximum absolute atomic E-state index is 10.6. The molecule has 0 aromatic rings. The van der Waals surface area contributed by atoms with Crippen LogP contribution in [0.4, 0.5) is 4.79 Å². The summed E-state index contributed by atoms with van der Waals surface area (Å²) in [5, 5.41) is 9.16. The molecular formula is C7H16N2O2. The lowest BCUT2D eigenvalue weighted by molar-refractivity contribution is 0.123. The van der Waals surface area contributed by atoms with Crippen molar-refractivity contribution in [1.29, 1.82) is 0 Å². The predicted octanol–water partition coefficient (Wildman–Crippen LogP) is 0.158. The number of urea groups is 1. The van der Waals surface area contributed by atoms with Crippen LogP contribution in [0.25, 0.3) is 0 Å². The van der Waals surface area contributed by atoms with Gasteiger partial charge in [-0.3, -0.25) is 0 Å². The largest absolute Gasteiger partial charge is 0.391 e. The molecule has 0 rings (SSSR count). The highest BCUT2D eigenvalue weighted by Crippen LogP contribution is 1.95. The van der Waals surface area contributed by atoms with Crippen LogP contribution >= 0.6 is 0 Å². The SMILES string of the molecule is CC[C@H](O)CN(CC)C(N)=O. The van der Waals surface area contributed by atoms with Gasteiger partial charge in [-0.1, -0.05) is 6.92 Å². The summed E-state index contributed by atoms with van der Waals surface area (Å²) in [6, 6.07) is -0.472. The van der Waals surface area contributed by atoms with E-state index in [0.29, 0.717) is 19.5 Å². The van der Waals surface area contributed by atoms with Gasteiger partial charge in [0.05, 0.1) is 6.10 Å². The molecule has 0 aliphatic heterocycles. The smallest absolute Gasteiger partial charge is 0.314 e. The van der Waals surface area contributed by atoms with Crippen LogP contribution in [-0.4, -0.2) is 35.2 Å². The van der Waals surface area contributed by atoms with Crippen LogP contribution in [0.3, 0.4) is 0 Å². The van der Waals surface area contributed by atoms with Crippen LogP contribution in [-0.2, 0) is 0 Å². The second kappa shape index (κ2) is 4.96. The molecule has 4 nitrogen and oxygen atoms in total. The molecule has 1 atom stereocenters. The normalized spacial score (nSPS) is 12.6. The first kappa shape index (κ1) is 10.2. The fourth-order valence-electron chi connectivity index (χ4n) is 0.758. The van der Waals surface area contributed by atoms with Crippen molar-refractivity contribution in [3.05, 3.63) is 0 Å². The molecular weight excluding hydrogens is 144 g/mol. The van der Waals surface area contributed by atoms with Crippen molar-refractivity contribution in [1.82, 2.24) is 4.90 Å². The summed E-state index contributed by atoms with van der Waals surface area (Å²) in [5.74, 6) is 0. The van der Waals surface area contributed by atoms with Gasteiger partial charge < -0.3 is 15.7 Å². The molecule has 0 radical (unpaired) electrons. The summed E-state index contributed by atoms with van der Waals surface area (Å²) in [6.45, 7) is 4.57. The molecule has 0 spiro atoms. The molecule has 4 heteroatoms. The lowest BCUT2D eigenvalue weighted by Crippen LogP contribution is -2.40. The lowest BCUT2D eigenvalue weighted by Gasteiger charge is -2.20. The summed E-state index contributed by atoms with van der Waals surface area (Å²) >= 11 is 0. The maximum atomic E-state index is 10.6. The molecule has 0 saturated heterocycles. The Hall–Kier alpha value is -0.770. The average molecular weight is 160 g/mol. The van der Waals surface area contributed by atoms with Crippen molar-refractivity contribution in [3.63, 3.8) is 0 Å². The maximum Gasteiger partial charge on any atom is 0.314 e.